The third kappa shape index (κ3) is 5.87. The van der Waals surface area contributed by atoms with Crippen LogP contribution in [0.1, 0.15) is 59.8 Å². The first-order valence-electron chi connectivity index (χ1n) is 7.39. The molecule has 1 atom stereocenters. The minimum absolute atomic E-state index is 0.384. The number of hydrogen-bond acceptors (Lipinski definition) is 2. The zero-order chi connectivity index (χ0) is 12.7. The lowest BCUT2D eigenvalue weighted by molar-refractivity contribution is 0.0773. The van der Waals surface area contributed by atoms with Gasteiger partial charge in [-0.15, -0.1) is 0 Å². The molecule has 0 spiro atoms. The fourth-order valence-corrected chi connectivity index (χ4v) is 1.90. The standard InChI is InChI=1S/C15H31NO/c1-5-6-10-17-11-9-15(4,13(2)3)12-16-14-7-8-14/h13-14,16H,5-12H2,1-4H3. The van der Waals surface area contributed by atoms with Crippen LogP contribution in [-0.2, 0) is 4.74 Å². The summed E-state index contributed by atoms with van der Waals surface area (Å²) in [5, 5.41) is 3.68. The third-order valence-corrected chi connectivity index (χ3v) is 4.23. The largest absolute Gasteiger partial charge is 0.381 e. The van der Waals surface area contributed by atoms with Crippen LogP contribution in [0.25, 0.3) is 0 Å². The zero-order valence-corrected chi connectivity index (χ0v) is 12.2. The summed E-state index contributed by atoms with van der Waals surface area (Å²) in [4.78, 5) is 0. The summed E-state index contributed by atoms with van der Waals surface area (Å²) in [7, 11) is 0. The van der Waals surface area contributed by atoms with Crippen molar-refractivity contribution in [3.05, 3.63) is 0 Å². The van der Waals surface area contributed by atoms with Gasteiger partial charge in [0.15, 0.2) is 0 Å². The second-order valence-electron chi connectivity index (χ2n) is 6.18. The number of ether oxygens (including phenoxy) is 1. The maximum atomic E-state index is 5.71. The molecular formula is C15H31NO. The molecule has 17 heavy (non-hydrogen) atoms. The lowest BCUT2D eigenvalue weighted by Gasteiger charge is -2.34. The van der Waals surface area contributed by atoms with Crippen LogP contribution in [0, 0.1) is 11.3 Å². The van der Waals surface area contributed by atoms with Crippen molar-refractivity contribution in [1.29, 1.82) is 0 Å². The molecule has 1 N–H and O–H groups in total. The van der Waals surface area contributed by atoms with Crippen LogP contribution in [0.5, 0.6) is 0 Å². The molecule has 0 aromatic rings. The topological polar surface area (TPSA) is 21.3 Å². The minimum Gasteiger partial charge on any atom is -0.381 e. The van der Waals surface area contributed by atoms with E-state index >= 15 is 0 Å². The summed E-state index contributed by atoms with van der Waals surface area (Å²) in [6.07, 6.45) is 6.35. The lowest BCUT2D eigenvalue weighted by atomic mass is 9.76. The molecule has 0 bridgehead atoms. The molecule has 1 aliphatic carbocycles. The highest BCUT2D eigenvalue weighted by Gasteiger charge is 2.30. The molecule has 2 nitrogen and oxygen atoms in total. The Kier molecular flexibility index (Phi) is 6.50. The lowest BCUT2D eigenvalue weighted by Crippen LogP contribution is -2.38. The highest BCUT2D eigenvalue weighted by molar-refractivity contribution is 4.87. The second kappa shape index (κ2) is 7.38. The maximum absolute atomic E-state index is 5.71. The van der Waals surface area contributed by atoms with Crippen LogP contribution in [0.2, 0.25) is 0 Å². The molecular weight excluding hydrogens is 210 g/mol. The van der Waals surface area contributed by atoms with Crippen LogP contribution < -0.4 is 5.32 Å². The fraction of sp³-hybridized carbons (Fsp3) is 1.00. The van der Waals surface area contributed by atoms with E-state index in [-0.39, 0.29) is 0 Å². The molecule has 0 aromatic carbocycles. The maximum Gasteiger partial charge on any atom is 0.0471 e. The number of nitrogens with one attached hydrogen (secondary N) is 1. The van der Waals surface area contributed by atoms with E-state index in [0.29, 0.717) is 11.3 Å². The monoisotopic (exact) mass is 241 g/mol. The van der Waals surface area contributed by atoms with Gasteiger partial charge in [0.1, 0.15) is 0 Å². The number of hydrogen-bond donors (Lipinski definition) is 1. The minimum atomic E-state index is 0.384. The van der Waals surface area contributed by atoms with Gasteiger partial charge in [0, 0.05) is 25.8 Å². The van der Waals surface area contributed by atoms with E-state index in [2.05, 4.69) is 33.0 Å². The molecule has 0 heterocycles. The Morgan fingerprint density at radius 2 is 2.00 bits per heavy atom. The summed E-state index contributed by atoms with van der Waals surface area (Å²) in [6, 6.07) is 0.814. The smallest absolute Gasteiger partial charge is 0.0471 e. The highest BCUT2D eigenvalue weighted by Crippen LogP contribution is 2.31. The van der Waals surface area contributed by atoms with Crippen LogP contribution in [-0.4, -0.2) is 25.8 Å². The second-order valence-corrected chi connectivity index (χ2v) is 6.18. The Morgan fingerprint density at radius 3 is 2.53 bits per heavy atom. The van der Waals surface area contributed by atoms with Crippen molar-refractivity contribution in [1.82, 2.24) is 5.32 Å². The summed E-state index contributed by atoms with van der Waals surface area (Å²) < 4.78 is 5.71. The van der Waals surface area contributed by atoms with Crippen LogP contribution in [0.4, 0.5) is 0 Å². The van der Waals surface area contributed by atoms with Crippen molar-refractivity contribution in [2.75, 3.05) is 19.8 Å². The third-order valence-electron chi connectivity index (χ3n) is 4.23. The van der Waals surface area contributed by atoms with Crippen molar-refractivity contribution in [3.63, 3.8) is 0 Å². The van der Waals surface area contributed by atoms with Gasteiger partial charge in [-0.2, -0.15) is 0 Å². The van der Waals surface area contributed by atoms with Gasteiger partial charge in [-0.05, 0) is 37.0 Å². The first-order valence-corrected chi connectivity index (χ1v) is 7.39. The molecule has 1 aliphatic rings. The van der Waals surface area contributed by atoms with Crippen molar-refractivity contribution in [2.24, 2.45) is 11.3 Å². The van der Waals surface area contributed by atoms with Gasteiger partial charge in [-0.25, -0.2) is 0 Å². The van der Waals surface area contributed by atoms with Crippen molar-refractivity contribution >= 4 is 0 Å². The molecule has 1 unspecified atom stereocenters. The van der Waals surface area contributed by atoms with E-state index in [0.717, 1.165) is 25.8 Å². The van der Waals surface area contributed by atoms with E-state index in [4.69, 9.17) is 4.74 Å². The molecule has 2 heteroatoms. The van der Waals surface area contributed by atoms with E-state index in [1.165, 1.54) is 32.1 Å². The van der Waals surface area contributed by atoms with E-state index in [1.807, 2.05) is 0 Å². The summed E-state index contributed by atoms with van der Waals surface area (Å²) in [5.74, 6) is 0.712. The molecule has 0 aromatic heterocycles. The predicted molar refractivity (Wildman–Crippen MR) is 74.3 cm³/mol. The SMILES string of the molecule is CCCCOCCC(C)(CNC1CC1)C(C)C. The Morgan fingerprint density at radius 1 is 1.29 bits per heavy atom. The summed E-state index contributed by atoms with van der Waals surface area (Å²) >= 11 is 0. The van der Waals surface area contributed by atoms with Crippen molar-refractivity contribution < 1.29 is 4.74 Å². The first-order chi connectivity index (χ1) is 8.08. The Labute approximate surface area is 108 Å². The van der Waals surface area contributed by atoms with E-state index in [9.17, 15) is 0 Å². The van der Waals surface area contributed by atoms with Crippen LogP contribution >= 0.6 is 0 Å². The quantitative estimate of drug-likeness (QED) is 0.590. The normalized spacial score (nSPS) is 19.6. The number of rotatable bonds is 10. The predicted octanol–water partition coefficient (Wildman–Crippen LogP) is 3.61. The van der Waals surface area contributed by atoms with Gasteiger partial charge in [0.05, 0.1) is 0 Å². The molecule has 1 rings (SSSR count). The van der Waals surface area contributed by atoms with Crippen molar-refractivity contribution in [3.8, 4) is 0 Å². The molecule has 0 radical (unpaired) electrons. The van der Waals surface area contributed by atoms with Gasteiger partial charge in [-0.3, -0.25) is 0 Å². The van der Waals surface area contributed by atoms with Gasteiger partial charge in [-0.1, -0.05) is 34.1 Å². The fourth-order valence-electron chi connectivity index (χ4n) is 1.90. The van der Waals surface area contributed by atoms with E-state index in [1.54, 1.807) is 0 Å². The molecule has 102 valence electrons. The average molecular weight is 241 g/mol. The van der Waals surface area contributed by atoms with Crippen molar-refractivity contribution in [2.45, 2.75) is 65.8 Å². The molecule has 1 fully saturated rings. The zero-order valence-electron chi connectivity index (χ0n) is 12.2. The Balaban J connectivity index is 2.19. The van der Waals surface area contributed by atoms with Crippen LogP contribution in [0.3, 0.4) is 0 Å². The molecule has 1 saturated carbocycles. The molecule has 0 amide bonds. The highest BCUT2D eigenvalue weighted by atomic mass is 16.5. The molecule has 0 saturated heterocycles. The van der Waals surface area contributed by atoms with E-state index < -0.39 is 0 Å². The Hall–Kier alpha value is -0.0800. The van der Waals surface area contributed by atoms with Gasteiger partial charge < -0.3 is 10.1 Å². The van der Waals surface area contributed by atoms with Gasteiger partial charge >= 0.3 is 0 Å². The molecule has 0 aliphatic heterocycles. The summed E-state index contributed by atoms with van der Waals surface area (Å²) in [5.41, 5.74) is 0.384. The van der Waals surface area contributed by atoms with Crippen LogP contribution in [0.15, 0.2) is 0 Å². The number of unbranched alkanes of at least 4 members (excludes halogenated alkanes) is 1. The average Bonchev–Trinajstić information content (AvgIpc) is 3.10. The Bertz CT molecular complexity index is 201. The van der Waals surface area contributed by atoms with Gasteiger partial charge in [0.25, 0.3) is 0 Å². The van der Waals surface area contributed by atoms with Gasteiger partial charge in [0.2, 0.25) is 0 Å². The summed E-state index contributed by atoms with van der Waals surface area (Å²) in [6.45, 7) is 12.3. The first kappa shape index (κ1) is 15.0.